The van der Waals surface area contributed by atoms with Crippen LogP contribution in [0.15, 0.2) is 60.7 Å². The van der Waals surface area contributed by atoms with Crippen LogP contribution in [0.1, 0.15) is 72.6 Å². The van der Waals surface area contributed by atoms with Crippen molar-refractivity contribution in [2.75, 3.05) is 0 Å². The number of hydrogen-bond acceptors (Lipinski definition) is 4. The molecule has 2 rings (SSSR count). The van der Waals surface area contributed by atoms with E-state index in [4.69, 9.17) is 34.8 Å². The minimum Gasteiger partial charge on any atom is -0.242 e. The molecule has 164 valence electrons. The summed E-state index contributed by atoms with van der Waals surface area (Å²) in [7, 11) is 0. The molecule has 4 nitrogen and oxygen atoms in total. The zero-order chi connectivity index (χ0) is 22.2. The largest absolute Gasteiger partial charge is 0.386 e. The Hall–Kier alpha value is -1.75. The summed E-state index contributed by atoms with van der Waals surface area (Å²) in [6, 6.07) is 16.6. The van der Waals surface area contributed by atoms with Crippen molar-refractivity contribution in [2.45, 2.75) is 55.7 Å². The number of benzene rings is 2. The Morgan fingerprint density at radius 2 is 1.10 bits per heavy atom. The summed E-state index contributed by atoms with van der Waals surface area (Å²) < 4.78 is -1.04. The highest BCUT2D eigenvalue weighted by Crippen LogP contribution is 2.32. The summed E-state index contributed by atoms with van der Waals surface area (Å²) in [4.78, 5) is 31.9. The van der Waals surface area contributed by atoms with Gasteiger partial charge in [0.15, 0.2) is 3.79 Å². The van der Waals surface area contributed by atoms with Crippen molar-refractivity contribution >= 4 is 46.7 Å². The van der Waals surface area contributed by atoms with Crippen LogP contribution in [0.2, 0.25) is 0 Å². The van der Waals surface area contributed by atoms with E-state index < -0.39 is 15.7 Å². The maximum Gasteiger partial charge on any atom is 0.386 e. The summed E-state index contributed by atoms with van der Waals surface area (Å²) in [6.07, 6.45) is 8.10. The van der Waals surface area contributed by atoms with E-state index in [1.54, 1.807) is 60.7 Å². The number of rotatable bonds is 8. The van der Waals surface area contributed by atoms with Crippen LogP contribution < -0.4 is 0 Å². The first-order valence-corrected chi connectivity index (χ1v) is 11.1. The average molecular weight is 474 g/mol. The van der Waals surface area contributed by atoms with Crippen LogP contribution in [0.25, 0.3) is 0 Å². The first-order valence-electron chi connectivity index (χ1n) is 9.93. The number of carbonyl (C=O) groups excluding carboxylic acids is 2. The zero-order valence-electron chi connectivity index (χ0n) is 17.0. The minimum atomic E-state index is -1.04. The summed E-state index contributed by atoms with van der Waals surface area (Å²) in [6.45, 7) is 2.21. The fourth-order valence-corrected chi connectivity index (χ4v) is 2.83. The normalized spacial score (nSPS) is 10.5. The van der Waals surface area contributed by atoms with Gasteiger partial charge in [-0.15, -0.1) is 0 Å². The smallest absolute Gasteiger partial charge is 0.242 e. The number of hydrogen-bond donors (Lipinski definition) is 0. The molecule has 30 heavy (non-hydrogen) atoms. The van der Waals surface area contributed by atoms with Gasteiger partial charge in [-0.3, -0.25) is 0 Å². The highest BCUT2D eigenvalue weighted by molar-refractivity contribution is 6.67. The summed E-state index contributed by atoms with van der Waals surface area (Å²) in [5.41, 5.74) is 0.636. The predicted molar refractivity (Wildman–Crippen MR) is 122 cm³/mol. The van der Waals surface area contributed by atoms with Gasteiger partial charge in [0.05, 0.1) is 11.1 Å². The highest BCUT2D eigenvalue weighted by Gasteiger charge is 2.17. The van der Waals surface area contributed by atoms with Crippen LogP contribution in [0.4, 0.5) is 0 Å². The number of carbonyl (C=O) groups is 2. The molecule has 0 heterocycles. The number of unbranched alkanes of at least 4 members (excludes halogenated alkanes) is 5. The molecule has 0 unspecified atom stereocenters. The summed E-state index contributed by atoms with van der Waals surface area (Å²) in [5, 5.41) is 0. The topological polar surface area (TPSA) is 52.6 Å². The Labute approximate surface area is 193 Å². The minimum absolute atomic E-state index is 0.318. The Morgan fingerprint density at radius 1 is 0.700 bits per heavy atom. The monoisotopic (exact) mass is 472 g/mol. The first-order chi connectivity index (χ1) is 14.3. The summed E-state index contributed by atoms with van der Waals surface area (Å²) >= 11 is 16.8. The van der Waals surface area contributed by atoms with Crippen molar-refractivity contribution in [2.24, 2.45) is 0 Å². The molecule has 0 aromatic heterocycles. The van der Waals surface area contributed by atoms with Crippen molar-refractivity contribution in [1.82, 2.24) is 0 Å². The second kappa shape index (κ2) is 15.1. The van der Waals surface area contributed by atoms with Crippen LogP contribution in [-0.4, -0.2) is 15.7 Å². The van der Waals surface area contributed by atoms with E-state index in [9.17, 15) is 9.59 Å². The van der Waals surface area contributed by atoms with E-state index in [0.29, 0.717) is 17.5 Å². The van der Waals surface area contributed by atoms with Gasteiger partial charge in [-0.05, 0) is 37.1 Å². The third-order valence-electron chi connectivity index (χ3n) is 4.03. The maximum absolute atomic E-state index is 11.5. The van der Waals surface area contributed by atoms with Gasteiger partial charge < -0.3 is 0 Å². The summed E-state index contributed by atoms with van der Waals surface area (Å²) in [5.74, 6) is -1.42. The molecule has 0 aliphatic heterocycles. The molecule has 0 N–H and O–H groups in total. The van der Waals surface area contributed by atoms with Crippen LogP contribution in [0.5, 0.6) is 0 Å². The van der Waals surface area contributed by atoms with E-state index in [0.717, 1.165) is 6.42 Å². The lowest BCUT2D eigenvalue weighted by molar-refractivity contribution is -0.187. The molecule has 2 aromatic rings. The SMILES string of the molecule is CCCCCCCCC(Cl)(Cl)Cl.O=C(OOC(=O)c1ccccc1)c1ccccc1. The Balaban J connectivity index is 0.000000329. The quantitative estimate of drug-likeness (QED) is 0.170. The van der Waals surface area contributed by atoms with E-state index in [1.165, 1.54) is 32.1 Å². The lowest BCUT2D eigenvalue weighted by Crippen LogP contribution is -2.11. The van der Waals surface area contributed by atoms with Gasteiger partial charge in [0.1, 0.15) is 0 Å². The van der Waals surface area contributed by atoms with Crippen molar-refractivity contribution in [3.05, 3.63) is 71.8 Å². The number of alkyl halides is 3. The second-order valence-electron chi connectivity index (χ2n) is 6.61. The molecule has 0 spiro atoms. The predicted octanol–water partition coefficient (Wildman–Crippen LogP) is 7.72. The Bertz CT molecular complexity index is 680. The standard InChI is InChI=1S/C14H10O4.C9H17Cl3/c15-13(11-7-3-1-4-8-11)17-18-14(16)12-9-5-2-6-10-12;1-2-3-4-5-6-7-8-9(10,11)12/h1-10H;2-8H2,1H3. The van der Waals surface area contributed by atoms with Crippen LogP contribution in [-0.2, 0) is 9.78 Å². The lowest BCUT2D eigenvalue weighted by Gasteiger charge is -2.09. The van der Waals surface area contributed by atoms with Crippen LogP contribution in [0.3, 0.4) is 0 Å². The third-order valence-corrected chi connectivity index (χ3v) is 4.59. The van der Waals surface area contributed by atoms with Gasteiger partial charge in [-0.2, -0.15) is 0 Å². The van der Waals surface area contributed by atoms with Gasteiger partial charge >= 0.3 is 11.9 Å². The van der Waals surface area contributed by atoms with E-state index in [-0.39, 0.29) is 0 Å². The third kappa shape index (κ3) is 12.7. The van der Waals surface area contributed by atoms with Gasteiger partial charge in [-0.1, -0.05) is 110 Å². The molecule has 0 amide bonds. The molecular weight excluding hydrogens is 447 g/mol. The van der Waals surface area contributed by atoms with Gasteiger partial charge in [0.25, 0.3) is 0 Å². The zero-order valence-corrected chi connectivity index (χ0v) is 19.3. The van der Waals surface area contributed by atoms with Gasteiger partial charge in [0.2, 0.25) is 0 Å². The van der Waals surface area contributed by atoms with Crippen molar-refractivity contribution < 1.29 is 19.4 Å². The maximum atomic E-state index is 11.5. The fourth-order valence-electron chi connectivity index (χ4n) is 2.43. The second-order valence-corrected chi connectivity index (χ2v) is 9.12. The molecular formula is C23H27Cl3O4. The first kappa shape index (κ1) is 26.3. The lowest BCUT2D eigenvalue weighted by atomic mass is 10.1. The molecule has 0 saturated carbocycles. The Kier molecular flexibility index (Phi) is 13.2. The van der Waals surface area contributed by atoms with Crippen LogP contribution >= 0.6 is 34.8 Å². The molecule has 0 aliphatic rings. The van der Waals surface area contributed by atoms with E-state index >= 15 is 0 Å². The molecule has 0 atom stereocenters. The molecule has 0 aliphatic carbocycles. The molecule has 7 heteroatoms. The molecule has 0 radical (unpaired) electrons. The van der Waals surface area contributed by atoms with Crippen molar-refractivity contribution in [3.63, 3.8) is 0 Å². The highest BCUT2D eigenvalue weighted by atomic mass is 35.6. The number of halogens is 3. The van der Waals surface area contributed by atoms with Gasteiger partial charge in [0, 0.05) is 0 Å². The molecule has 0 fully saturated rings. The van der Waals surface area contributed by atoms with Crippen LogP contribution in [0, 0.1) is 0 Å². The molecule has 2 aromatic carbocycles. The Morgan fingerprint density at radius 3 is 1.50 bits per heavy atom. The van der Waals surface area contributed by atoms with Crippen molar-refractivity contribution in [3.8, 4) is 0 Å². The molecule has 0 saturated heterocycles. The fraction of sp³-hybridized carbons (Fsp3) is 0.391. The van der Waals surface area contributed by atoms with E-state index in [1.807, 2.05) is 0 Å². The van der Waals surface area contributed by atoms with Gasteiger partial charge in [-0.25, -0.2) is 19.4 Å². The average Bonchev–Trinajstić information content (AvgIpc) is 2.75. The van der Waals surface area contributed by atoms with Crippen molar-refractivity contribution in [1.29, 1.82) is 0 Å². The van der Waals surface area contributed by atoms with E-state index in [2.05, 4.69) is 16.7 Å². The molecule has 0 bridgehead atoms.